The molecule has 1 fully saturated rings. The van der Waals surface area contributed by atoms with Crippen LogP contribution in [0.3, 0.4) is 0 Å². The molecule has 0 bridgehead atoms. The Kier molecular flexibility index (Phi) is 10.6. The summed E-state index contributed by atoms with van der Waals surface area (Å²) in [5.74, 6) is 1.67. The number of ether oxygens (including phenoxy) is 2. The summed E-state index contributed by atoms with van der Waals surface area (Å²) >= 11 is 5.44. The van der Waals surface area contributed by atoms with Gasteiger partial charge in [0.15, 0.2) is 0 Å². The molecule has 5 nitrogen and oxygen atoms in total. The van der Waals surface area contributed by atoms with E-state index in [9.17, 15) is 4.79 Å². The van der Waals surface area contributed by atoms with Crippen molar-refractivity contribution in [1.29, 1.82) is 0 Å². The number of thiol groups is 1. The summed E-state index contributed by atoms with van der Waals surface area (Å²) < 4.78 is 11.2. The maximum atomic E-state index is 11.4. The number of morpholine rings is 1. The van der Waals surface area contributed by atoms with E-state index in [1.165, 1.54) is 11.8 Å². The lowest BCUT2D eigenvalue weighted by Gasteiger charge is -2.32. The lowest BCUT2D eigenvalue weighted by Crippen LogP contribution is -2.48. The van der Waals surface area contributed by atoms with Crippen LogP contribution < -0.4 is 5.32 Å². The fourth-order valence-electron chi connectivity index (χ4n) is 1.95. The molecule has 0 aromatic heterocycles. The SMILES string of the molecule is CCSC(=O)NCC1CN(CCOCCCS)CCO1. The first-order chi connectivity index (χ1) is 9.76. The summed E-state index contributed by atoms with van der Waals surface area (Å²) in [5.41, 5.74) is 0. The molecule has 0 radical (unpaired) electrons. The van der Waals surface area contributed by atoms with Crippen LogP contribution in [0.1, 0.15) is 13.3 Å². The zero-order valence-corrected chi connectivity index (χ0v) is 13.9. The number of hydrogen-bond acceptors (Lipinski definition) is 6. The first-order valence-electron chi connectivity index (χ1n) is 7.19. The summed E-state index contributed by atoms with van der Waals surface area (Å²) in [6, 6.07) is 0. The summed E-state index contributed by atoms with van der Waals surface area (Å²) in [5, 5.41) is 2.92. The molecule has 1 aliphatic heterocycles. The van der Waals surface area contributed by atoms with Gasteiger partial charge in [-0.05, 0) is 17.9 Å². The van der Waals surface area contributed by atoms with Crippen LogP contribution in [-0.2, 0) is 9.47 Å². The number of rotatable bonds is 9. The van der Waals surface area contributed by atoms with Gasteiger partial charge < -0.3 is 14.8 Å². The smallest absolute Gasteiger partial charge is 0.279 e. The van der Waals surface area contributed by atoms with Gasteiger partial charge >= 0.3 is 0 Å². The van der Waals surface area contributed by atoms with Crippen LogP contribution in [0.2, 0.25) is 0 Å². The van der Waals surface area contributed by atoms with Crippen LogP contribution in [0.15, 0.2) is 0 Å². The molecule has 0 saturated carbocycles. The molecule has 1 aliphatic rings. The van der Waals surface area contributed by atoms with Crippen molar-refractivity contribution in [3.05, 3.63) is 0 Å². The van der Waals surface area contributed by atoms with E-state index in [0.29, 0.717) is 6.54 Å². The van der Waals surface area contributed by atoms with Crippen LogP contribution in [0, 0.1) is 0 Å². The topological polar surface area (TPSA) is 50.8 Å². The summed E-state index contributed by atoms with van der Waals surface area (Å²) in [4.78, 5) is 13.7. The van der Waals surface area contributed by atoms with E-state index in [1.807, 2.05) is 6.92 Å². The first kappa shape index (κ1) is 18.1. The highest BCUT2D eigenvalue weighted by molar-refractivity contribution is 8.13. The number of nitrogens with zero attached hydrogens (tertiary/aromatic N) is 1. The quantitative estimate of drug-likeness (QED) is 0.497. The van der Waals surface area contributed by atoms with Crippen molar-refractivity contribution >= 4 is 29.6 Å². The predicted octanol–water partition coefficient (Wildman–Crippen LogP) is 1.49. The molecule has 1 rings (SSSR count). The third-order valence-electron chi connectivity index (χ3n) is 2.97. The Morgan fingerprint density at radius 2 is 2.40 bits per heavy atom. The second-order valence-corrected chi connectivity index (χ2v) is 6.27. The van der Waals surface area contributed by atoms with Crippen molar-refractivity contribution in [2.24, 2.45) is 0 Å². The van der Waals surface area contributed by atoms with Gasteiger partial charge in [0.25, 0.3) is 5.24 Å². The van der Waals surface area contributed by atoms with Crippen molar-refractivity contribution in [2.75, 3.05) is 57.5 Å². The van der Waals surface area contributed by atoms with Crippen LogP contribution in [0.4, 0.5) is 4.79 Å². The lowest BCUT2D eigenvalue weighted by molar-refractivity contribution is -0.0334. The molecule has 118 valence electrons. The Balaban J connectivity index is 2.10. The van der Waals surface area contributed by atoms with Crippen molar-refractivity contribution in [2.45, 2.75) is 19.4 Å². The zero-order valence-electron chi connectivity index (χ0n) is 12.2. The van der Waals surface area contributed by atoms with E-state index in [1.54, 1.807) is 0 Å². The zero-order chi connectivity index (χ0) is 14.6. The highest BCUT2D eigenvalue weighted by Crippen LogP contribution is 2.06. The van der Waals surface area contributed by atoms with Gasteiger partial charge in [-0.3, -0.25) is 9.69 Å². The average Bonchev–Trinajstić information content (AvgIpc) is 2.46. The monoisotopic (exact) mass is 322 g/mol. The van der Waals surface area contributed by atoms with Crippen molar-refractivity contribution < 1.29 is 14.3 Å². The van der Waals surface area contributed by atoms with E-state index in [4.69, 9.17) is 9.47 Å². The number of nitrogens with one attached hydrogen (secondary N) is 1. The normalized spacial score (nSPS) is 20.0. The fourth-order valence-corrected chi connectivity index (χ4v) is 2.53. The molecule has 20 heavy (non-hydrogen) atoms. The second-order valence-electron chi connectivity index (χ2n) is 4.58. The minimum Gasteiger partial charge on any atom is -0.380 e. The van der Waals surface area contributed by atoms with E-state index in [-0.39, 0.29) is 11.3 Å². The van der Waals surface area contributed by atoms with Gasteiger partial charge in [-0.1, -0.05) is 18.7 Å². The molecular formula is C13H26N2O3S2. The van der Waals surface area contributed by atoms with Crippen LogP contribution >= 0.6 is 24.4 Å². The number of amides is 1. The molecule has 0 aliphatic carbocycles. The van der Waals surface area contributed by atoms with Crippen LogP contribution in [0.25, 0.3) is 0 Å². The largest absolute Gasteiger partial charge is 0.380 e. The van der Waals surface area contributed by atoms with Gasteiger partial charge in [-0.2, -0.15) is 12.6 Å². The first-order valence-corrected chi connectivity index (χ1v) is 8.81. The molecule has 0 aromatic rings. The molecule has 1 unspecified atom stereocenters. The highest BCUT2D eigenvalue weighted by Gasteiger charge is 2.20. The molecule has 7 heteroatoms. The second kappa shape index (κ2) is 11.7. The van der Waals surface area contributed by atoms with Crippen molar-refractivity contribution in [3.63, 3.8) is 0 Å². The summed E-state index contributed by atoms with van der Waals surface area (Å²) in [6.45, 7) is 7.51. The van der Waals surface area contributed by atoms with Gasteiger partial charge in [0.1, 0.15) is 0 Å². The Hall–Kier alpha value is 0.0500. The van der Waals surface area contributed by atoms with E-state index < -0.39 is 0 Å². The molecule has 1 amide bonds. The van der Waals surface area contributed by atoms with Crippen molar-refractivity contribution in [1.82, 2.24) is 10.2 Å². The fraction of sp³-hybridized carbons (Fsp3) is 0.923. The van der Waals surface area contributed by atoms with Crippen molar-refractivity contribution in [3.8, 4) is 0 Å². The third kappa shape index (κ3) is 8.36. The van der Waals surface area contributed by atoms with Gasteiger partial charge in [-0.15, -0.1) is 0 Å². The highest BCUT2D eigenvalue weighted by atomic mass is 32.2. The molecule has 1 atom stereocenters. The maximum Gasteiger partial charge on any atom is 0.279 e. The molecule has 0 spiro atoms. The number of thioether (sulfide) groups is 1. The van der Waals surface area contributed by atoms with E-state index in [0.717, 1.165) is 57.4 Å². The number of carbonyl (C=O) groups is 1. The molecule has 1 heterocycles. The minimum atomic E-state index is 0.0308. The molecule has 1 N–H and O–H groups in total. The standard InChI is InChI=1S/C13H26N2O3S2/c1-2-20-13(16)14-10-12-11-15(5-8-18-12)4-7-17-6-3-9-19/h12,19H,2-11H2,1H3,(H,14,16). The predicted molar refractivity (Wildman–Crippen MR) is 87.0 cm³/mol. The maximum absolute atomic E-state index is 11.4. The molecular weight excluding hydrogens is 296 g/mol. The van der Waals surface area contributed by atoms with Gasteiger partial charge in [0.05, 0.1) is 19.3 Å². The lowest BCUT2D eigenvalue weighted by atomic mass is 10.2. The summed E-state index contributed by atoms with van der Waals surface area (Å²) in [6.07, 6.45) is 1.08. The summed E-state index contributed by atoms with van der Waals surface area (Å²) in [7, 11) is 0. The van der Waals surface area contributed by atoms with Gasteiger partial charge in [-0.25, -0.2) is 0 Å². The Morgan fingerprint density at radius 1 is 1.55 bits per heavy atom. The van der Waals surface area contributed by atoms with E-state index in [2.05, 4.69) is 22.8 Å². The van der Waals surface area contributed by atoms with Crippen LogP contribution in [0.5, 0.6) is 0 Å². The van der Waals surface area contributed by atoms with Crippen LogP contribution in [-0.4, -0.2) is 73.7 Å². The Labute approximate surface area is 131 Å². The minimum absolute atomic E-state index is 0.0308. The Morgan fingerprint density at radius 3 is 3.15 bits per heavy atom. The van der Waals surface area contributed by atoms with Gasteiger partial charge in [0.2, 0.25) is 0 Å². The third-order valence-corrected chi connectivity index (χ3v) is 3.98. The number of hydrogen-bond donors (Lipinski definition) is 2. The molecule has 1 saturated heterocycles. The number of carbonyl (C=O) groups excluding carboxylic acids is 1. The average molecular weight is 322 g/mol. The molecule has 0 aromatic carbocycles. The van der Waals surface area contributed by atoms with E-state index >= 15 is 0 Å². The van der Waals surface area contributed by atoms with Gasteiger partial charge in [0, 0.05) is 32.8 Å². The Bertz CT molecular complexity index is 270.